The van der Waals surface area contributed by atoms with Crippen molar-refractivity contribution in [3.05, 3.63) is 28.8 Å². The Morgan fingerprint density at radius 2 is 1.82 bits per heavy atom. The van der Waals surface area contributed by atoms with Crippen LogP contribution in [0.1, 0.15) is 23.1 Å². The highest BCUT2D eigenvalue weighted by Gasteiger charge is 2.08. The van der Waals surface area contributed by atoms with E-state index in [-0.39, 0.29) is 12.5 Å². The van der Waals surface area contributed by atoms with Crippen molar-refractivity contribution in [2.24, 2.45) is 0 Å². The topological polar surface area (TPSA) is 53.2 Å². The molecular weight excluding hydrogens is 314 g/mol. The van der Waals surface area contributed by atoms with Gasteiger partial charge in [-0.05, 0) is 62.5 Å². The molecule has 1 aromatic carbocycles. The van der Waals surface area contributed by atoms with Crippen LogP contribution < -0.4 is 16.0 Å². The van der Waals surface area contributed by atoms with Crippen molar-refractivity contribution < 1.29 is 4.79 Å². The standard InChI is InChI=1S/C16H25N3OS2/c1-11-8-12(2)15(13(3)9-11)19-14(20)10-18-16(21)17-6-5-7-22-4/h8-9H,5-7,10H2,1-4H3,(H,19,20)(H2,17,18,21). The van der Waals surface area contributed by atoms with Crippen LogP contribution in [0.4, 0.5) is 5.69 Å². The summed E-state index contributed by atoms with van der Waals surface area (Å²) in [7, 11) is 0. The number of thioether (sulfide) groups is 1. The summed E-state index contributed by atoms with van der Waals surface area (Å²) >= 11 is 6.95. The number of anilines is 1. The highest BCUT2D eigenvalue weighted by molar-refractivity contribution is 7.98. The van der Waals surface area contributed by atoms with Crippen LogP contribution in [0.2, 0.25) is 0 Å². The van der Waals surface area contributed by atoms with Crippen LogP contribution in [0.5, 0.6) is 0 Å². The van der Waals surface area contributed by atoms with Crippen molar-refractivity contribution in [2.45, 2.75) is 27.2 Å². The number of rotatable bonds is 7. The highest BCUT2D eigenvalue weighted by Crippen LogP contribution is 2.21. The molecule has 0 unspecified atom stereocenters. The van der Waals surface area contributed by atoms with Gasteiger partial charge in [0.25, 0.3) is 0 Å². The molecule has 6 heteroatoms. The zero-order chi connectivity index (χ0) is 16.5. The Kier molecular flexibility index (Phi) is 8.27. The molecule has 0 saturated heterocycles. The summed E-state index contributed by atoms with van der Waals surface area (Å²) in [6.45, 7) is 7.04. The number of hydrogen-bond acceptors (Lipinski definition) is 3. The minimum atomic E-state index is -0.0942. The predicted octanol–water partition coefficient (Wildman–Crippen LogP) is 2.77. The molecule has 22 heavy (non-hydrogen) atoms. The molecule has 0 heterocycles. The van der Waals surface area contributed by atoms with Gasteiger partial charge in [0, 0.05) is 12.2 Å². The van der Waals surface area contributed by atoms with Crippen LogP contribution in [-0.4, -0.2) is 36.1 Å². The summed E-state index contributed by atoms with van der Waals surface area (Å²) in [5, 5.41) is 9.49. The van der Waals surface area contributed by atoms with Crippen LogP contribution >= 0.6 is 24.0 Å². The number of amides is 1. The zero-order valence-electron chi connectivity index (χ0n) is 13.7. The van der Waals surface area contributed by atoms with Crippen molar-refractivity contribution >= 4 is 40.7 Å². The van der Waals surface area contributed by atoms with Crippen molar-refractivity contribution in [1.29, 1.82) is 0 Å². The van der Waals surface area contributed by atoms with E-state index < -0.39 is 0 Å². The van der Waals surface area contributed by atoms with E-state index in [1.54, 1.807) is 0 Å². The number of benzene rings is 1. The minimum absolute atomic E-state index is 0.0942. The molecular formula is C16H25N3OS2. The molecule has 0 atom stereocenters. The van der Waals surface area contributed by atoms with E-state index in [2.05, 4.69) is 34.3 Å². The van der Waals surface area contributed by atoms with Gasteiger partial charge in [0.15, 0.2) is 5.11 Å². The third-order valence-corrected chi connectivity index (χ3v) is 4.15. The molecule has 1 aromatic rings. The number of carbonyl (C=O) groups excluding carboxylic acids is 1. The Hall–Kier alpha value is -1.27. The third kappa shape index (κ3) is 6.66. The summed E-state index contributed by atoms with van der Waals surface area (Å²) < 4.78 is 0. The summed E-state index contributed by atoms with van der Waals surface area (Å²) in [6.07, 6.45) is 3.13. The lowest BCUT2D eigenvalue weighted by Gasteiger charge is -2.14. The van der Waals surface area contributed by atoms with E-state index >= 15 is 0 Å². The molecule has 0 aliphatic heterocycles. The first-order chi connectivity index (χ1) is 10.4. The van der Waals surface area contributed by atoms with Gasteiger partial charge in [-0.15, -0.1) is 0 Å². The van der Waals surface area contributed by atoms with Crippen molar-refractivity contribution in [1.82, 2.24) is 10.6 Å². The first-order valence-electron chi connectivity index (χ1n) is 7.32. The van der Waals surface area contributed by atoms with E-state index in [9.17, 15) is 4.79 Å². The van der Waals surface area contributed by atoms with Crippen LogP contribution in [0.3, 0.4) is 0 Å². The lowest BCUT2D eigenvalue weighted by atomic mass is 10.1. The predicted molar refractivity (Wildman–Crippen MR) is 101 cm³/mol. The SMILES string of the molecule is CSCCCNC(=S)NCC(=O)Nc1c(C)cc(C)cc1C. The zero-order valence-corrected chi connectivity index (χ0v) is 15.3. The van der Waals surface area contributed by atoms with Gasteiger partial charge < -0.3 is 16.0 Å². The Morgan fingerprint density at radius 3 is 2.41 bits per heavy atom. The van der Waals surface area contributed by atoms with Gasteiger partial charge in [0.1, 0.15) is 0 Å². The number of thiocarbonyl (C=S) groups is 1. The van der Waals surface area contributed by atoms with Crippen molar-refractivity contribution in [2.75, 3.05) is 30.4 Å². The molecule has 0 bridgehead atoms. The normalized spacial score (nSPS) is 10.2. The Labute approximate surface area is 142 Å². The molecule has 0 radical (unpaired) electrons. The molecule has 122 valence electrons. The molecule has 4 nitrogen and oxygen atoms in total. The summed E-state index contributed by atoms with van der Waals surface area (Å²) in [6, 6.07) is 4.13. The molecule has 0 fully saturated rings. The quantitative estimate of drug-likeness (QED) is 0.527. The maximum absolute atomic E-state index is 12.0. The second-order valence-electron chi connectivity index (χ2n) is 5.28. The molecule has 0 aliphatic rings. The molecule has 0 saturated carbocycles. The van der Waals surface area contributed by atoms with Crippen LogP contribution in [-0.2, 0) is 4.79 Å². The van der Waals surface area contributed by atoms with Gasteiger partial charge in [-0.3, -0.25) is 4.79 Å². The average molecular weight is 340 g/mol. The molecule has 1 amide bonds. The monoisotopic (exact) mass is 339 g/mol. The molecule has 3 N–H and O–H groups in total. The molecule has 1 rings (SSSR count). The second kappa shape index (κ2) is 9.69. The largest absolute Gasteiger partial charge is 0.363 e. The Morgan fingerprint density at radius 1 is 1.18 bits per heavy atom. The lowest BCUT2D eigenvalue weighted by molar-refractivity contribution is -0.115. The first-order valence-corrected chi connectivity index (χ1v) is 9.12. The molecule has 0 aromatic heterocycles. The molecule has 0 spiro atoms. The molecule has 0 aliphatic carbocycles. The van der Waals surface area contributed by atoms with E-state index in [1.807, 2.05) is 32.5 Å². The van der Waals surface area contributed by atoms with Gasteiger partial charge in [-0.25, -0.2) is 0 Å². The summed E-state index contributed by atoms with van der Waals surface area (Å²) in [5.74, 6) is 1.01. The maximum atomic E-state index is 12.0. The Bertz CT molecular complexity index is 509. The fourth-order valence-electron chi connectivity index (χ4n) is 2.20. The smallest absolute Gasteiger partial charge is 0.243 e. The van der Waals surface area contributed by atoms with Crippen LogP contribution in [0.15, 0.2) is 12.1 Å². The second-order valence-corrected chi connectivity index (χ2v) is 6.67. The minimum Gasteiger partial charge on any atom is -0.363 e. The van der Waals surface area contributed by atoms with Crippen molar-refractivity contribution in [3.63, 3.8) is 0 Å². The van der Waals surface area contributed by atoms with Crippen LogP contribution in [0.25, 0.3) is 0 Å². The number of hydrogen-bond donors (Lipinski definition) is 3. The van der Waals surface area contributed by atoms with E-state index in [0.29, 0.717) is 5.11 Å². The van der Waals surface area contributed by atoms with Gasteiger partial charge >= 0.3 is 0 Å². The third-order valence-electron chi connectivity index (χ3n) is 3.16. The van der Waals surface area contributed by atoms with Crippen LogP contribution in [0, 0.1) is 20.8 Å². The van der Waals surface area contributed by atoms with Gasteiger partial charge in [0.2, 0.25) is 5.91 Å². The van der Waals surface area contributed by atoms with Gasteiger partial charge in [0.05, 0.1) is 6.54 Å². The average Bonchev–Trinajstić information content (AvgIpc) is 2.45. The summed E-state index contributed by atoms with van der Waals surface area (Å²) in [5.41, 5.74) is 4.23. The Balaban J connectivity index is 2.39. The van der Waals surface area contributed by atoms with E-state index in [0.717, 1.165) is 35.5 Å². The number of aryl methyl sites for hydroxylation is 3. The van der Waals surface area contributed by atoms with E-state index in [1.165, 1.54) is 5.56 Å². The number of nitrogens with one attached hydrogen (secondary N) is 3. The highest BCUT2D eigenvalue weighted by atomic mass is 32.2. The van der Waals surface area contributed by atoms with Gasteiger partial charge in [-0.2, -0.15) is 11.8 Å². The first kappa shape index (κ1) is 18.8. The fraction of sp³-hybridized carbons (Fsp3) is 0.500. The summed E-state index contributed by atoms with van der Waals surface area (Å²) in [4.78, 5) is 12.0. The van der Waals surface area contributed by atoms with Gasteiger partial charge in [-0.1, -0.05) is 17.7 Å². The fourth-order valence-corrected chi connectivity index (χ4v) is 2.81. The van der Waals surface area contributed by atoms with E-state index in [4.69, 9.17) is 12.2 Å². The lowest BCUT2D eigenvalue weighted by Crippen LogP contribution is -2.40. The maximum Gasteiger partial charge on any atom is 0.243 e. The van der Waals surface area contributed by atoms with Crippen molar-refractivity contribution in [3.8, 4) is 0 Å². The number of carbonyl (C=O) groups is 1.